The van der Waals surface area contributed by atoms with E-state index < -0.39 is 0 Å². The third-order valence-electron chi connectivity index (χ3n) is 1.84. The van der Waals surface area contributed by atoms with Crippen LogP contribution in [0.3, 0.4) is 0 Å². The monoisotopic (exact) mass is 163 g/mol. The summed E-state index contributed by atoms with van der Waals surface area (Å²) in [5, 5.41) is 1.57. The molecule has 0 amide bonds. The first kappa shape index (κ1) is 8.53. The minimum absolute atomic E-state index is 0.0101. The molecule has 1 rings (SSSR count). The van der Waals surface area contributed by atoms with Crippen molar-refractivity contribution >= 4 is 14.7 Å². The van der Waals surface area contributed by atoms with Gasteiger partial charge in [-0.1, -0.05) is 54.4 Å². The van der Waals surface area contributed by atoms with Gasteiger partial charge in [-0.25, -0.2) is 0 Å². The van der Waals surface area contributed by atoms with Crippen molar-refractivity contribution in [2.24, 2.45) is 0 Å². The summed E-state index contributed by atoms with van der Waals surface area (Å²) < 4.78 is 0. The molecule has 59 valence electrons. The van der Waals surface area contributed by atoms with Crippen molar-refractivity contribution in [3.63, 3.8) is 0 Å². The molecule has 0 heterocycles. The first-order chi connectivity index (χ1) is 5.33. The van der Waals surface area contributed by atoms with E-state index in [0.29, 0.717) is 0 Å². The van der Waals surface area contributed by atoms with E-state index in [2.05, 4.69) is 38.1 Å². The van der Waals surface area contributed by atoms with E-state index in [1.165, 1.54) is 11.6 Å². The van der Waals surface area contributed by atoms with Gasteiger partial charge < -0.3 is 0 Å². The van der Waals surface area contributed by atoms with E-state index in [1.807, 2.05) is 0 Å². The van der Waals surface area contributed by atoms with Gasteiger partial charge in [0.25, 0.3) is 0 Å². The number of benzene rings is 1. The minimum Gasteiger partial charge on any atom is -0.0669 e. The summed E-state index contributed by atoms with van der Waals surface area (Å²) in [6.45, 7) is 5.98. The van der Waals surface area contributed by atoms with Crippen LogP contribution in [0.4, 0.5) is 0 Å². The smallest absolute Gasteiger partial charge is 0.0547 e. The molecule has 0 atom stereocenters. The molecule has 0 N–H and O–H groups in total. The Morgan fingerprint density at radius 2 is 1.91 bits per heavy atom. The quantitative estimate of drug-likeness (QED) is 0.591. The lowest BCUT2D eigenvalue weighted by atomic mass is 10.2. The number of hydrogen-bond donors (Lipinski definition) is 0. The predicted octanol–water partition coefficient (Wildman–Crippen LogP) is 1.43. The molecule has 0 fully saturated rings. The fourth-order valence-electron chi connectivity index (χ4n) is 1.08. The lowest BCUT2D eigenvalue weighted by Crippen LogP contribution is -2.12. The molecule has 1 aromatic rings. The second kappa shape index (κ2) is 4.34. The van der Waals surface area contributed by atoms with Crippen LogP contribution in [-0.2, 0) is 0 Å². The maximum absolute atomic E-state index is 3.85. The molecule has 0 spiro atoms. The molecule has 0 nitrogen and oxygen atoms in total. The van der Waals surface area contributed by atoms with Gasteiger partial charge in [0.15, 0.2) is 0 Å². The average molecular weight is 163 g/mol. The molecule has 0 aromatic heterocycles. The van der Waals surface area contributed by atoms with Crippen LogP contribution in [0.25, 0.3) is 0 Å². The van der Waals surface area contributed by atoms with Crippen LogP contribution < -0.4 is 5.19 Å². The van der Waals surface area contributed by atoms with Crippen molar-refractivity contribution < 1.29 is 0 Å². The number of aryl methyl sites for hydroxylation is 1. The maximum Gasteiger partial charge on any atom is 0.0547 e. The van der Waals surface area contributed by atoms with Gasteiger partial charge in [0.1, 0.15) is 0 Å². The standard InChI is InChI=1S/C10H15Si/c1-3-8-11-10-6-4-9(2)5-7-10/h4-7H,1,3,8,11H2,2H3. The molecule has 1 aromatic carbocycles. The zero-order valence-electron chi connectivity index (χ0n) is 7.14. The van der Waals surface area contributed by atoms with E-state index in [9.17, 15) is 0 Å². The van der Waals surface area contributed by atoms with Gasteiger partial charge in [0.05, 0.1) is 9.52 Å². The molecule has 0 saturated heterocycles. The van der Waals surface area contributed by atoms with E-state index >= 15 is 0 Å². The van der Waals surface area contributed by atoms with Gasteiger partial charge in [0.2, 0.25) is 0 Å². The lowest BCUT2D eigenvalue weighted by molar-refractivity contribution is 1.21. The average Bonchev–Trinajstić information content (AvgIpc) is 2.04. The summed E-state index contributed by atoms with van der Waals surface area (Å²) in [4.78, 5) is 0. The van der Waals surface area contributed by atoms with Crippen molar-refractivity contribution in [1.29, 1.82) is 0 Å². The van der Waals surface area contributed by atoms with Crippen molar-refractivity contribution in [2.45, 2.75) is 19.4 Å². The van der Waals surface area contributed by atoms with Crippen LogP contribution >= 0.6 is 0 Å². The van der Waals surface area contributed by atoms with Crippen LogP contribution in [0.5, 0.6) is 0 Å². The molecular formula is C10H15Si. The van der Waals surface area contributed by atoms with E-state index in [0.717, 1.165) is 6.42 Å². The minimum atomic E-state index is 0.0101. The van der Waals surface area contributed by atoms with E-state index in [4.69, 9.17) is 0 Å². The summed E-state index contributed by atoms with van der Waals surface area (Å²) in [6, 6.07) is 10.3. The molecule has 0 aliphatic carbocycles. The largest absolute Gasteiger partial charge is 0.0669 e. The normalized spacial score (nSPS) is 11.1. The van der Waals surface area contributed by atoms with Gasteiger partial charge >= 0.3 is 0 Å². The zero-order valence-corrected chi connectivity index (χ0v) is 8.55. The van der Waals surface area contributed by atoms with Crippen molar-refractivity contribution in [3.8, 4) is 0 Å². The van der Waals surface area contributed by atoms with Crippen molar-refractivity contribution in [3.05, 3.63) is 36.8 Å². The Morgan fingerprint density at radius 1 is 1.27 bits per heavy atom. The Hall–Kier alpha value is -0.563. The summed E-state index contributed by atoms with van der Waals surface area (Å²) in [5.41, 5.74) is 1.36. The highest BCUT2D eigenvalue weighted by atomic mass is 28.2. The van der Waals surface area contributed by atoms with Gasteiger partial charge in [0, 0.05) is 0 Å². The lowest BCUT2D eigenvalue weighted by Gasteiger charge is -1.98. The summed E-state index contributed by atoms with van der Waals surface area (Å²) in [7, 11) is 0.0101. The molecule has 11 heavy (non-hydrogen) atoms. The highest BCUT2D eigenvalue weighted by Gasteiger charge is 1.91. The molecular weight excluding hydrogens is 148 g/mol. The molecule has 1 radical (unpaired) electrons. The van der Waals surface area contributed by atoms with Crippen LogP contribution in [0, 0.1) is 13.8 Å². The summed E-state index contributed by atoms with van der Waals surface area (Å²) >= 11 is 0. The van der Waals surface area contributed by atoms with Crippen LogP contribution in [0.2, 0.25) is 6.04 Å². The molecule has 0 bridgehead atoms. The third-order valence-corrected chi connectivity index (χ3v) is 3.74. The summed E-state index contributed by atoms with van der Waals surface area (Å²) in [5.74, 6) is 0. The molecule has 0 aliphatic rings. The Kier molecular flexibility index (Phi) is 3.37. The maximum atomic E-state index is 3.85. The topological polar surface area (TPSA) is 0 Å². The Balaban J connectivity index is 2.52. The Morgan fingerprint density at radius 3 is 2.45 bits per heavy atom. The van der Waals surface area contributed by atoms with Crippen molar-refractivity contribution in [1.82, 2.24) is 0 Å². The van der Waals surface area contributed by atoms with Gasteiger partial charge in [-0.2, -0.15) is 0 Å². The Labute approximate surface area is 71.5 Å². The summed E-state index contributed by atoms with van der Waals surface area (Å²) in [6.07, 6.45) is 1.10. The van der Waals surface area contributed by atoms with E-state index in [-0.39, 0.29) is 9.52 Å². The first-order valence-electron chi connectivity index (χ1n) is 4.17. The highest BCUT2D eigenvalue weighted by molar-refractivity contribution is 6.53. The SMILES string of the molecule is [CH2]CC[SiH2]c1ccc(C)cc1. The second-order valence-corrected chi connectivity index (χ2v) is 4.97. The van der Waals surface area contributed by atoms with Crippen molar-refractivity contribution in [2.75, 3.05) is 0 Å². The van der Waals surface area contributed by atoms with Gasteiger partial charge in [-0.15, -0.1) is 0 Å². The zero-order chi connectivity index (χ0) is 8.10. The molecule has 1 heteroatoms. The fraction of sp³-hybridized carbons (Fsp3) is 0.300. The number of rotatable bonds is 3. The Bertz CT molecular complexity index is 201. The molecule has 0 saturated carbocycles. The molecule has 0 aliphatic heterocycles. The third kappa shape index (κ3) is 2.89. The second-order valence-electron chi connectivity index (χ2n) is 2.94. The fourth-order valence-corrected chi connectivity index (χ4v) is 2.31. The predicted molar refractivity (Wildman–Crippen MR) is 54.1 cm³/mol. The number of hydrogen-bond acceptors (Lipinski definition) is 0. The first-order valence-corrected chi connectivity index (χ1v) is 5.88. The highest BCUT2D eigenvalue weighted by Crippen LogP contribution is 1.93. The van der Waals surface area contributed by atoms with E-state index in [1.54, 1.807) is 5.19 Å². The molecule has 0 unspecified atom stereocenters. The van der Waals surface area contributed by atoms with Gasteiger partial charge in [-0.3, -0.25) is 0 Å². The van der Waals surface area contributed by atoms with Crippen LogP contribution in [-0.4, -0.2) is 9.52 Å². The van der Waals surface area contributed by atoms with Crippen LogP contribution in [0.1, 0.15) is 12.0 Å². The van der Waals surface area contributed by atoms with Gasteiger partial charge in [-0.05, 0) is 6.92 Å². The van der Waals surface area contributed by atoms with Crippen LogP contribution in [0.15, 0.2) is 24.3 Å².